The topological polar surface area (TPSA) is 80.7 Å². The fourth-order valence-corrected chi connectivity index (χ4v) is 2.39. The molecule has 1 N–H and O–H groups in total. The van der Waals surface area contributed by atoms with Crippen LogP contribution in [-0.4, -0.2) is 22.8 Å². The number of ether oxygens (including phenoxy) is 1. The molecule has 0 aliphatic heterocycles. The smallest absolute Gasteiger partial charge is 0.344 e. The lowest BCUT2D eigenvalue weighted by molar-refractivity contribution is -0.136. The lowest BCUT2D eigenvalue weighted by atomic mass is 10.0. The number of aryl methyl sites for hydroxylation is 2. The lowest BCUT2D eigenvalue weighted by Gasteiger charge is -2.10. The average molecular weight is 326 g/mol. The van der Waals surface area contributed by atoms with Crippen molar-refractivity contribution in [3.8, 4) is 5.75 Å². The monoisotopic (exact) mass is 326 g/mol. The summed E-state index contributed by atoms with van der Waals surface area (Å²) in [6, 6.07) is 11.7. The first-order chi connectivity index (χ1) is 11.4. The van der Waals surface area contributed by atoms with Gasteiger partial charge in [-0.3, -0.25) is 9.59 Å². The highest BCUT2D eigenvalue weighted by atomic mass is 16.5. The van der Waals surface area contributed by atoms with Gasteiger partial charge in [0, 0.05) is 12.0 Å². The minimum Gasteiger partial charge on any atom is -0.481 e. The zero-order valence-electron chi connectivity index (χ0n) is 13.5. The number of hydrogen-bond donors (Lipinski definition) is 1. The number of Topliss-reactive ketones (excluding diaryl/α,β-unsaturated/α-hetero) is 1. The summed E-state index contributed by atoms with van der Waals surface area (Å²) in [5.41, 5.74) is 2.45. The van der Waals surface area contributed by atoms with Gasteiger partial charge in [0.05, 0.1) is 12.0 Å². The zero-order valence-corrected chi connectivity index (χ0v) is 13.5. The second-order valence-corrected chi connectivity index (χ2v) is 5.50. The molecule has 0 saturated carbocycles. The summed E-state index contributed by atoms with van der Waals surface area (Å²) < 4.78 is 5.37. The van der Waals surface area contributed by atoms with Crippen LogP contribution in [0.5, 0.6) is 5.75 Å². The van der Waals surface area contributed by atoms with Crippen LogP contribution >= 0.6 is 0 Å². The largest absolute Gasteiger partial charge is 0.481 e. The predicted octanol–water partition coefficient (Wildman–Crippen LogP) is 3.57. The molecular formula is C19H18O5. The molecule has 24 heavy (non-hydrogen) atoms. The third-order valence-corrected chi connectivity index (χ3v) is 3.62. The van der Waals surface area contributed by atoms with Gasteiger partial charge < -0.3 is 9.84 Å². The third-order valence-electron chi connectivity index (χ3n) is 3.62. The first-order valence-corrected chi connectivity index (χ1v) is 7.52. The molecule has 0 unspecified atom stereocenters. The van der Waals surface area contributed by atoms with E-state index in [-0.39, 0.29) is 24.4 Å². The van der Waals surface area contributed by atoms with Crippen molar-refractivity contribution in [1.29, 1.82) is 0 Å². The van der Waals surface area contributed by atoms with Gasteiger partial charge in [-0.2, -0.15) is 0 Å². The van der Waals surface area contributed by atoms with Gasteiger partial charge >= 0.3 is 11.9 Å². The maximum atomic E-state index is 12.4. The zero-order chi connectivity index (χ0) is 17.7. The Morgan fingerprint density at radius 3 is 2.21 bits per heavy atom. The number of carboxylic acid groups (broad SMARTS) is 1. The predicted molar refractivity (Wildman–Crippen MR) is 88.5 cm³/mol. The van der Waals surface area contributed by atoms with Gasteiger partial charge in [-0.1, -0.05) is 30.3 Å². The molecule has 0 aliphatic rings. The minimum atomic E-state index is -1.03. The summed E-state index contributed by atoms with van der Waals surface area (Å²) in [6.07, 6.45) is -0.325. The number of esters is 1. The van der Waals surface area contributed by atoms with Crippen LogP contribution in [-0.2, 0) is 4.79 Å². The standard InChI is InChI=1S/C19H18O5/c1-12-5-3-6-13(2)18(12)19(23)24-15-8-4-7-14(11-15)16(20)9-10-17(21)22/h3-8,11H,9-10H2,1-2H3,(H,21,22). The van der Waals surface area contributed by atoms with E-state index in [1.807, 2.05) is 32.0 Å². The van der Waals surface area contributed by atoms with Crippen LogP contribution in [0.1, 0.15) is 44.7 Å². The molecule has 2 aromatic carbocycles. The summed E-state index contributed by atoms with van der Waals surface area (Å²) >= 11 is 0. The van der Waals surface area contributed by atoms with Crippen molar-refractivity contribution in [1.82, 2.24) is 0 Å². The first-order valence-electron chi connectivity index (χ1n) is 7.52. The lowest BCUT2D eigenvalue weighted by Crippen LogP contribution is -2.12. The van der Waals surface area contributed by atoms with E-state index in [0.29, 0.717) is 11.1 Å². The van der Waals surface area contributed by atoms with Gasteiger partial charge in [0.1, 0.15) is 5.75 Å². The van der Waals surface area contributed by atoms with Crippen molar-refractivity contribution in [2.75, 3.05) is 0 Å². The van der Waals surface area contributed by atoms with Gasteiger partial charge in [-0.15, -0.1) is 0 Å². The van der Waals surface area contributed by atoms with Crippen LogP contribution in [0.3, 0.4) is 0 Å². The van der Waals surface area contributed by atoms with E-state index in [2.05, 4.69) is 0 Å². The molecule has 0 radical (unpaired) electrons. The van der Waals surface area contributed by atoms with E-state index in [9.17, 15) is 14.4 Å². The highest BCUT2D eigenvalue weighted by Crippen LogP contribution is 2.20. The van der Waals surface area contributed by atoms with Crippen LogP contribution in [0.4, 0.5) is 0 Å². The molecule has 5 nitrogen and oxygen atoms in total. The van der Waals surface area contributed by atoms with Crippen molar-refractivity contribution in [2.45, 2.75) is 26.7 Å². The van der Waals surface area contributed by atoms with Crippen LogP contribution in [0, 0.1) is 13.8 Å². The number of ketones is 1. The van der Waals surface area contributed by atoms with Gasteiger partial charge in [0.2, 0.25) is 0 Å². The number of benzene rings is 2. The Morgan fingerprint density at radius 1 is 0.958 bits per heavy atom. The molecule has 0 amide bonds. The molecule has 2 aromatic rings. The average Bonchev–Trinajstić information content (AvgIpc) is 2.52. The molecule has 5 heteroatoms. The van der Waals surface area contributed by atoms with E-state index < -0.39 is 11.9 Å². The van der Waals surface area contributed by atoms with Gasteiger partial charge in [0.25, 0.3) is 0 Å². The Balaban J connectivity index is 2.16. The summed E-state index contributed by atoms with van der Waals surface area (Å²) in [6.45, 7) is 3.66. The molecule has 0 aliphatic carbocycles. The van der Waals surface area contributed by atoms with E-state index in [1.165, 1.54) is 6.07 Å². The first kappa shape index (κ1) is 17.4. The van der Waals surface area contributed by atoms with Crippen LogP contribution < -0.4 is 4.74 Å². The van der Waals surface area contributed by atoms with Crippen LogP contribution in [0.2, 0.25) is 0 Å². The molecule has 0 bridgehead atoms. The third kappa shape index (κ3) is 4.29. The van der Waals surface area contributed by atoms with Crippen molar-refractivity contribution in [3.63, 3.8) is 0 Å². The summed E-state index contributed by atoms with van der Waals surface area (Å²) in [4.78, 5) is 34.9. The Kier molecular flexibility index (Phi) is 5.47. The number of carboxylic acids is 1. The fourth-order valence-electron chi connectivity index (χ4n) is 2.39. The Hall–Kier alpha value is -2.95. The Labute approximate surface area is 139 Å². The van der Waals surface area contributed by atoms with Crippen molar-refractivity contribution in [2.24, 2.45) is 0 Å². The van der Waals surface area contributed by atoms with E-state index in [0.717, 1.165) is 11.1 Å². The van der Waals surface area contributed by atoms with Crippen LogP contribution in [0.15, 0.2) is 42.5 Å². The highest BCUT2D eigenvalue weighted by molar-refractivity contribution is 5.98. The van der Waals surface area contributed by atoms with Crippen molar-refractivity contribution >= 4 is 17.7 Å². The fraction of sp³-hybridized carbons (Fsp3) is 0.211. The number of aliphatic carboxylic acids is 1. The molecule has 0 heterocycles. The molecule has 0 aromatic heterocycles. The molecule has 124 valence electrons. The molecule has 2 rings (SSSR count). The van der Waals surface area contributed by atoms with Gasteiger partial charge in [-0.25, -0.2) is 4.79 Å². The molecule has 0 spiro atoms. The second-order valence-electron chi connectivity index (χ2n) is 5.50. The van der Waals surface area contributed by atoms with Crippen molar-refractivity contribution in [3.05, 3.63) is 64.7 Å². The normalized spacial score (nSPS) is 10.2. The number of carbonyl (C=O) groups is 3. The Bertz CT molecular complexity index is 772. The highest BCUT2D eigenvalue weighted by Gasteiger charge is 2.15. The maximum Gasteiger partial charge on any atom is 0.344 e. The van der Waals surface area contributed by atoms with E-state index in [4.69, 9.17) is 9.84 Å². The molecule has 0 atom stereocenters. The molecule has 0 saturated heterocycles. The second kappa shape index (κ2) is 7.55. The van der Waals surface area contributed by atoms with Gasteiger partial charge in [0.15, 0.2) is 5.78 Å². The molecule has 0 fully saturated rings. The summed E-state index contributed by atoms with van der Waals surface area (Å²) in [7, 11) is 0. The van der Waals surface area contributed by atoms with E-state index in [1.54, 1.807) is 18.2 Å². The Morgan fingerprint density at radius 2 is 1.58 bits per heavy atom. The minimum absolute atomic E-state index is 0.0936. The number of rotatable bonds is 6. The van der Waals surface area contributed by atoms with E-state index >= 15 is 0 Å². The summed E-state index contributed by atoms with van der Waals surface area (Å²) in [5, 5.41) is 8.64. The number of hydrogen-bond acceptors (Lipinski definition) is 4. The maximum absolute atomic E-state index is 12.4. The summed E-state index contributed by atoms with van der Waals surface area (Å²) in [5.74, 6) is -1.56. The number of carbonyl (C=O) groups excluding carboxylic acids is 2. The SMILES string of the molecule is Cc1cccc(C)c1C(=O)Oc1cccc(C(=O)CCC(=O)O)c1. The quantitative estimate of drug-likeness (QED) is 0.498. The van der Waals surface area contributed by atoms with Gasteiger partial charge in [-0.05, 0) is 37.1 Å². The van der Waals surface area contributed by atoms with Crippen LogP contribution in [0.25, 0.3) is 0 Å². The van der Waals surface area contributed by atoms with Crippen molar-refractivity contribution < 1.29 is 24.2 Å². The molecular weight excluding hydrogens is 308 g/mol.